The van der Waals surface area contributed by atoms with E-state index in [1.54, 1.807) is 24.3 Å². The molecule has 0 bridgehead atoms. The molecule has 1 aromatic carbocycles. The number of hydrogen-bond donors (Lipinski definition) is 1. The lowest BCUT2D eigenvalue weighted by atomic mass is 9.90. The molecule has 0 aliphatic rings. The average Bonchev–Trinajstić information content (AvgIpc) is 2.35. The lowest BCUT2D eigenvalue weighted by molar-refractivity contribution is 0.0492. The second kappa shape index (κ2) is 6.06. The van der Waals surface area contributed by atoms with Crippen LogP contribution in [0.15, 0.2) is 24.3 Å². The Morgan fingerprint density at radius 2 is 2.11 bits per heavy atom. The lowest BCUT2D eigenvalue weighted by Gasteiger charge is -2.14. The average molecular weight is 246 g/mol. The van der Waals surface area contributed by atoms with Crippen LogP contribution in [0.25, 0.3) is 0 Å². The topological polar surface area (TPSA) is 76.1 Å². The van der Waals surface area contributed by atoms with Crippen LogP contribution in [0.4, 0.5) is 5.69 Å². The summed E-state index contributed by atoms with van der Waals surface area (Å²) in [4.78, 5) is 11.7. The van der Waals surface area contributed by atoms with Gasteiger partial charge in [0, 0.05) is 5.69 Å². The van der Waals surface area contributed by atoms with Crippen LogP contribution < -0.4 is 5.73 Å². The van der Waals surface area contributed by atoms with Gasteiger partial charge in [0.15, 0.2) is 0 Å². The van der Waals surface area contributed by atoms with Gasteiger partial charge in [0.2, 0.25) is 0 Å². The highest BCUT2D eigenvalue weighted by molar-refractivity contribution is 5.94. The minimum absolute atomic E-state index is 0.304. The van der Waals surface area contributed by atoms with Gasteiger partial charge < -0.3 is 10.5 Å². The van der Waals surface area contributed by atoms with Gasteiger partial charge >= 0.3 is 5.97 Å². The van der Waals surface area contributed by atoms with E-state index in [4.69, 9.17) is 15.7 Å². The number of nitrogens with two attached hydrogens (primary N) is 1. The molecule has 0 spiro atoms. The van der Waals surface area contributed by atoms with E-state index < -0.39 is 5.97 Å². The van der Waals surface area contributed by atoms with Crippen molar-refractivity contribution in [1.82, 2.24) is 0 Å². The van der Waals surface area contributed by atoms with Crippen molar-refractivity contribution in [2.24, 2.45) is 5.41 Å². The molecule has 0 unspecified atom stereocenters. The molecule has 0 saturated heterocycles. The van der Waals surface area contributed by atoms with Gasteiger partial charge in [0.25, 0.3) is 0 Å². The number of nitrogen functional groups attached to an aromatic ring is 1. The Morgan fingerprint density at radius 3 is 2.72 bits per heavy atom. The van der Waals surface area contributed by atoms with Gasteiger partial charge in [-0.05, 0) is 38.8 Å². The van der Waals surface area contributed by atoms with E-state index in [2.05, 4.69) is 6.07 Å². The molecule has 0 aliphatic heterocycles. The van der Waals surface area contributed by atoms with Crippen LogP contribution >= 0.6 is 0 Å². The Kier molecular flexibility index (Phi) is 4.73. The number of carbonyl (C=O) groups is 1. The number of nitriles is 1. The van der Waals surface area contributed by atoms with Gasteiger partial charge in [-0.1, -0.05) is 12.1 Å². The summed E-state index contributed by atoms with van der Waals surface area (Å²) < 4.78 is 5.12. The zero-order valence-electron chi connectivity index (χ0n) is 10.8. The largest absolute Gasteiger partial charge is 0.462 e. The third-order valence-electron chi connectivity index (χ3n) is 2.66. The molecule has 0 saturated carbocycles. The summed E-state index contributed by atoms with van der Waals surface area (Å²) in [5, 5.41) is 8.84. The molecule has 18 heavy (non-hydrogen) atoms. The third kappa shape index (κ3) is 4.10. The molecule has 0 amide bonds. The molecule has 0 aromatic heterocycles. The Labute approximate surface area is 107 Å². The first-order valence-corrected chi connectivity index (χ1v) is 5.89. The number of anilines is 1. The summed E-state index contributed by atoms with van der Waals surface area (Å²) in [6, 6.07) is 9.01. The highest BCUT2D eigenvalue weighted by Crippen LogP contribution is 2.20. The van der Waals surface area contributed by atoms with Crippen molar-refractivity contribution in [3.63, 3.8) is 0 Å². The summed E-state index contributed by atoms with van der Waals surface area (Å²) in [6.07, 6.45) is 1.36. The zero-order chi connectivity index (χ0) is 13.6. The number of carbonyl (C=O) groups excluding carboxylic acids is 1. The second-order valence-corrected chi connectivity index (χ2v) is 4.82. The molecule has 2 N–H and O–H groups in total. The second-order valence-electron chi connectivity index (χ2n) is 4.82. The van der Waals surface area contributed by atoms with Crippen molar-refractivity contribution in [1.29, 1.82) is 5.26 Å². The fourth-order valence-corrected chi connectivity index (χ4v) is 1.50. The first-order chi connectivity index (χ1) is 8.46. The third-order valence-corrected chi connectivity index (χ3v) is 2.66. The molecule has 0 fully saturated rings. The highest BCUT2D eigenvalue weighted by atomic mass is 16.5. The van der Waals surface area contributed by atoms with Crippen LogP contribution in [0, 0.1) is 16.7 Å². The predicted molar refractivity (Wildman–Crippen MR) is 69.8 cm³/mol. The number of hydrogen-bond acceptors (Lipinski definition) is 4. The predicted octanol–water partition coefficient (Wildman–Crippen LogP) is 2.76. The van der Waals surface area contributed by atoms with Gasteiger partial charge in [0.05, 0.1) is 23.7 Å². The summed E-state index contributed by atoms with van der Waals surface area (Å²) in [5.74, 6) is -0.414. The van der Waals surface area contributed by atoms with Crippen molar-refractivity contribution >= 4 is 11.7 Å². The SMILES string of the molecule is CC(C)(C#N)CCCOC(=O)c1ccccc1N. The Balaban J connectivity index is 2.40. The molecule has 0 heterocycles. The molecule has 0 radical (unpaired) electrons. The van der Waals surface area contributed by atoms with Crippen LogP contribution in [0.3, 0.4) is 0 Å². The van der Waals surface area contributed by atoms with Crippen molar-refractivity contribution in [2.45, 2.75) is 26.7 Å². The Bertz CT molecular complexity index is 461. The summed E-state index contributed by atoms with van der Waals surface area (Å²) in [7, 11) is 0. The molecule has 1 rings (SSSR count). The van der Waals surface area contributed by atoms with Crippen LogP contribution in [-0.2, 0) is 4.74 Å². The fraction of sp³-hybridized carbons (Fsp3) is 0.429. The van der Waals surface area contributed by atoms with Crippen LogP contribution in [-0.4, -0.2) is 12.6 Å². The van der Waals surface area contributed by atoms with Crippen LogP contribution in [0.5, 0.6) is 0 Å². The maximum atomic E-state index is 11.7. The van der Waals surface area contributed by atoms with E-state index in [-0.39, 0.29) is 5.41 Å². The number of esters is 1. The Morgan fingerprint density at radius 1 is 1.44 bits per heavy atom. The van der Waals surface area contributed by atoms with Gasteiger partial charge in [-0.15, -0.1) is 0 Å². The van der Waals surface area contributed by atoms with E-state index in [0.717, 1.165) is 0 Å². The summed E-state index contributed by atoms with van der Waals surface area (Å²) in [6.45, 7) is 4.03. The minimum Gasteiger partial charge on any atom is -0.462 e. The molecule has 4 heteroatoms. The summed E-state index contributed by atoms with van der Waals surface area (Å²) >= 11 is 0. The zero-order valence-corrected chi connectivity index (χ0v) is 10.8. The summed E-state index contributed by atoms with van der Waals surface area (Å²) in [5.41, 5.74) is 6.10. The first-order valence-electron chi connectivity index (χ1n) is 5.89. The molecular weight excluding hydrogens is 228 g/mol. The molecule has 0 aliphatic carbocycles. The molecule has 96 valence electrons. The van der Waals surface area contributed by atoms with Crippen LogP contribution in [0.2, 0.25) is 0 Å². The molecular formula is C14H18N2O2. The monoisotopic (exact) mass is 246 g/mol. The number of nitrogens with zero attached hydrogens (tertiary/aromatic N) is 1. The number of ether oxygens (including phenoxy) is 1. The van der Waals surface area contributed by atoms with Crippen molar-refractivity contribution in [3.05, 3.63) is 29.8 Å². The van der Waals surface area contributed by atoms with Crippen molar-refractivity contribution in [3.8, 4) is 6.07 Å². The number of para-hydroxylation sites is 1. The number of benzene rings is 1. The quantitative estimate of drug-likeness (QED) is 0.492. The molecule has 1 aromatic rings. The molecule has 0 atom stereocenters. The van der Waals surface area contributed by atoms with Crippen molar-refractivity contribution in [2.75, 3.05) is 12.3 Å². The first kappa shape index (κ1) is 14.0. The van der Waals surface area contributed by atoms with Gasteiger partial charge in [-0.2, -0.15) is 5.26 Å². The van der Waals surface area contributed by atoms with Gasteiger partial charge in [-0.25, -0.2) is 4.79 Å². The van der Waals surface area contributed by atoms with E-state index in [1.807, 2.05) is 13.8 Å². The smallest absolute Gasteiger partial charge is 0.340 e. The minimum atomic E-state index is -0.414. The standard InChI is InChI=1S/C14H18N2O2/c1-14(2,10-15)8-5-9-18-13(17)11-6-3-4-7-12(11)16/h3-4,6-7H,5,8-9,16H2,1-2H3. The van der Waals surface area contributed by atoms with Crippen molar-refractivity contribution < 1.29 is 9.53 Å². The lowest BCUT2D eigenvalue weighted by Crippen LogP contribution is -2.12. The van der Waals surface area contributed by atoms with E-state index in [0.29, 0.717) is 30.7 Å². The van der Waals surface area contributed by atoms with Gasteiger partial charge in [-0.3, -0.25) is 0 Å². The van der Waals surface area contributed by atoms with Crippen LogP contribution in [0.1, 0.15) is 37.0 Å². The maximum absolute atomic E-state index is 11.7. The Hall–Kier alpha value is -2.02. The molecule has 4 nitrogen and oxygen atoms in total. The maximum Gasteiger partial charge on any atom is 0.340 e. The highest BCUT2D eigenvalue weighted by Gasteiger charge is 2.16. The fourth-order valence-electron chi connectivity index (χ4n) is 1.50. The van der Waals surface area contributed by atoms with Gasteiger partial charge in [0.1, 0.15) is 0 Å². The van der Waals surface area contributed by atoms with E-state index >= 15 is 0 Å². The number of rotatable bonds is 5. The van der Waals surface area contributed by atoms with E-state index in [9.17, 15) is 4.79 Å². The van der Waals surface area contributed by atoms with E-state index in [1.165, 1.54) is 0 Å². The normalized spacial score (nSPS) is 10.7.